The van der Waals surface area contributed by atoms with Crippen molar-refractivity contribution in [2.24, 2.45) is 0 Å². The Bertz CT molecular complexity index is 367. The number of halogens is 1. The summed E-state index contributed by atoms with van der Waals surface area (Å²) in [6, 6.07) is 1.80. The normalized spacial score (nSPS) is 9.64. The smallest absolute Gasteiger partial charge is 0.317 e. The molecule has 1 aromatic carbocycles. The molecule has 0 bridgehead atoms. The summed E-state index contributed by atoms with van der Waals surface area (Å²) in [6.07, 6.45) is 0. The molecule has 0 aliphatic rings. The molecule has 1 aromatic rings. The van der Waals surface area contributed by atoms with Crippen LogP contribution in [-0.2, 0) is 0 Å². The van der Waals surface area contributed by atoms with Gasteiger partial charge in [0, 0.05) is 6.07 Å². The molecule has 0 fully saturated rings. The predicted molar refractivity (Wildman–Crippen MR) is 46.2 cm³/mol. The summed E-state index contributed by atoms with van der Waals surface area (Å²) in [5.41, 5.74) is -0.454. The van der Waals surface area contributed by atoms with Gasteiger partial charge in [0.2, 0.25) is 5.75 Å². The van der Waals surface area contributed by atoms with Crippen LogP contribution in [0.5, 0.6) is 11.5 Å². The molecule has 76 valence electrons. The van der Waals surface area contributed by atoms with Crippen LogP contribution in [-0.4, -0.2) is 19.1 Å². The van der Waals surface area contributed by atoms with Gasteiger partial charge in [-0.05, 0) is 0 Å². The van der Waals surface area contributed by atoms with Gasteiger partial charge >= 0.3 is 5.69 Å². The molecule has 6 heteroatoms. The van der Waals surface area contributed by atoms with E-state index in [1.165, 1.54) is 14.2 Å². The number of benzene rings is 1. The van der Waals surface area contributed by atoms with Gasteiger partial charge in [-0.2, -0.15) is 0 Å². The van der Waals surface area contributed by atoms with E-state index in [4.69, 9.17) is 9.47 Å². The fourth-order valence-electron chi connectivity index (χ4n) is 1.05. The molecule has 0 amide bonds. The van der Waals surface area contributed by atoms with Gasteiger partial charge in [0.1, 0.15) is 5.82 Å². The molecule has 0 N–H and O–H groups in total. The van der Waals surface area contributed by atoms with Crippen molar-refractivity contribution in [2.45, 2.75) is 0 Å². The molecule has 0 heterocycles. The topological polar surface area (TPSA) is 61.6 Å². The number of nitro benzene ring substituents is 1. The average molecular weight is 201 g/mol. The van der Waals surface area contributed by atoms with Gasteiger partial charge in [-0.15, -0.1) is 0 Å². The monoisotopic (exact) mass is 201 g/mol. The van der Waals surface area contributed by atoms with Gasteiger partial charge in [0.25, 0.3) is 0 Å². The Labute approximate surface area is 79.2 Å². The van der Waals surface area contributed by atoms with E-state index in [9.17, 15) is 14.5 Å². The fraction of sp³-hybridized carbons (Fsp3) is 0.250. The zero-order valence-corrected chi connectivity index (χ0v) is 7.61. The molecule has 0 saturated heterocycles. The summed E-state index contributed by atoms with van der Waals surface area (Å²) in [5, 5.41) is 10.5. The molecule has 0 aromatic heterocycles. The van der Waals surface area contributed by atoms with E-state index in [-0.39, 0.29) is 11.5 Å². The largest absolute Gasteiger partial charge is 0.492 e. The summed E-state index contributed by atoms with van der Waals surface area (Å²) in [5.74, 6) is -0.826. The first-order valence-electron chi connectivity index (χ1n) is 3.66. The lowest BCUT2D eigenvalue weighted by atomic mass is 10.2. The standard InChI is InChI=1S/C8H8FNO4/c1-13-7-4-5(9)3-6(10(11)12)8(7)14-2/h3-4H,1-2H3. The van der Waals surface area contributed by atoms with E-state index in [1.54, 1.807) is 0 Å². The second-order valence-corrected chi connectivity index (χ2v) is 2.42. The number of methoxy groups -OCH3 is 2. The van der Waals surface area contributed by atoms with E-state index >= 15 is 0 Å². The lowest BCUT2D eigenvalue weighted by Gasteiger charge is -2.07. The molecule has 1 rings (SSSR count). The zero-order chi connectivity index (χ0) is 10.7. The highest BCUT2D eigenvalue weighted by Crippen LogP contribution is 2.37. The summed E-state index contributed by atoms with van der Waals surface area (Å²) in [7, 11) is 2.53. The lowest BCUT2D eigenvalue weighted by Crippen LogP contribution is -1.97. The maximum atomic E-state index is 12.9. The Hall–Kier alpha value is -1.85. The fourth-order valence-corrected chi connectivity index (χ4v) is 1.05. The minimum atomic E-state index is -0.741. The average Bonchev–Trinajstić information content (AvgIpc) is 2.16. The van der Waals surface area contributed by atoms with Crippen molar-refractivity contribution in [1.82, 2.24) is 0 Å². The van der Waals surface area contributed by atoms with Crippen molar-refractivity contribution in [3.05, 3.63) is 28.1 Å². The van der Waals surface area contributed by atoms with Crippen molar-refractivity contribution in [1.29, 1.82) is 0 Å². The van der Waals surface area contributed by atoms with E-state index in [0.29, 0.717) is 0 Å². The Morgan fingerprint density at radius 1 is 1.36 bits per heavy atom. The second kappa shape index (κ2) is 3.91. The third-order valence-corrected chi connectivity index (χ3v) is 1.62. The highest BCUT2D eigenvalue weighted by atomic mass is 19.1. The first kappa shape index (κ1) is 10.2. The number of nitro groups is 1. The first-order valence-corrected chi connectivity index (χ1v) is 3.66. The summed E-state index contributed by atoms with van der Waals surface area (Å²) >= 11 is 0. The zero-order valence-electron chi connectivity index (χ0n) is 7.61. The number of ether oxygens (including phenoxy) is 2. The number of hydrogen-bond acceptors (Lipinski definition) is 4. The number of hydrogen-bond donors (Lipinski definition) is 0. The lowest BCUT2D eigenvalue weighted by molar-refractivity contribution is -0.386. The molecule has 0 unspecified atom stereocenters. The van der Waals surface area contributed by atoms with Crippen molar-refractivity contribution in [3.8, 4) is 11.5 Å². The molecule has 0 atom stereocenters. The van der Waals surface area contributed by atoms with Gasteiger partial charge in [0.05, 0.1) is 25.2 Å². The van der Waals surface area contributed by atoms with Crippen LogP contribution in [0.15, 0.2) is 12.1 Å². The maximum Gasteiger partial charge on any atom is 0.317 e. The molecule has 0 aliphatic heterocycles. The van der Waals surface area contributed by atoms with E-state index in [2.05, 4.69) is 0 Å². The van der Waals surface area contributed by atoms with Crippen LogP contribution >= 0.6 is 0 Å². The Kier molecular flexibility index (Phi) is 2.85. The van der Waals surface area contributed by atoms with Crippen molar-refractivity contribution < 1.29 is 18.8 Å². The van der Waals surface area contributed by atoms with Gasteiger partial charge in [-0.3, -0.25) is 10.1 Å². The summed E-state index contributed by atoms with van der Waals surface area (Å²) in [6.45, 7) is 0. The predicted octanol–water partition coefficient (Wildman–Crippen LogP) is 1.75. The Morgan fingerprint density at radius 3 is 2.43 bits per heavy atom. The number of rotatable bonds is 3. The third kappa shape index (κ3) is 1.73. The molecule has 0 aliphatic carbocycles. The summed E-state index contributed by atoms with van der Waals surface area (Å²) < 4.78 is 22.3. The molecular formula is C8H8FNO4. The van der Waals surface area contributed by atoms with E-state index < -0.39 is 16.4 Å². The minimum absolute atomic E-state index is 0.000741. The Morgan fingerprint density at radius 2 is 2.00 bits per heavy atom. The second-order valence-electron chi connectivity index (χ2n) is 2.42. The summed E-state index contributed by atoms with van der Waals surface area (Å²) in [4.78, 5) is 9.77. The van der Waals surface area contributed by atoms with E-state index in [0.717, 1.165) is 12.1 Å². The van der Waals surface area contributed by atoms with Crippen molar-refractivity contribution in [2.75, 3.05) is 14.2 Å². The molecule has 0 radical (unpaired) electrons. The van der Waals surface area contributed by atoms with Crippen LogP contribution in [0.4, 0.5) is 10.1 Å². The minimum Gasteiger partial charge on any atom is -0.492 e. The maximum absolute atomic E-state index is 12.9. The Balaban J connectivity index is 3.39. The van der Waals surface area contributed by atoms with Crippen LogP contribution in [0.25, 0.3) is 0 Å². The van der Waals surface area contributed by atoms with Crippen LogP contribution in [0, 0.1) is 15.9 Å². The van der Waals surface area contributed by atoms with Gasteiger partial charge in [-0.25, -0.2) is 4.39 Å². The third-order valence-electron chi connectivity index (χ3n) is 1.62. The van der Waals surface area contributed by atoms with Crippen LogP contribution in [0.2, 0.25) is 0 Å². The highest BCUT2D eigenvalue weighted by molar-refractivity contribution is 5.56. The van der Waals surface area contributed by atoms with Crippen LogP contribution < -0.4 is 9.47 Å². The molecule has 0 saturated carbocycles. The molecular weight excluding hydrogens is 193 g/mol. The quantitative estimate of drug-likeness (QED) is 0.552. The van der Waals surface area contributed by atoms with Gasteiger partial charge in [-0.1, -0.05) is 0 Å². The molecule has 0 spiro atoms. The van der Waals surface area contributed by atoms with Crippen LogP contribution in [0.1, 0.15) is 0 Å². The van der Waals surface area contributed by atoms with Crippen molar-refractivity contribution >= 4 is 5.69 Å². The van der Waals surface area contributed by atoms with E-state index in [1.807, 2.05) is 0 Å². The van der Waals surface area contributed by atoms with Crippen LogP contribution in [0.3, 0.4) is 0 Å². The van der Waals surface area contributed by atoms with Gasteiger partial charge in [0.15, 0.2) is 5.75 Å². The van der Waals surface area contributed by atoms with Gasteiger partial charge < -0.3 is 9.47 Å². The molecule has 5 nitrogen and oxygen atoms in total. The first-order chi connectivity index (χ1) is 6.60. The molecule has 14 heavy (non-hydrogen) atoms. The highest BCUT2D eigenvalue weighted by Gasteiger charge is 2.21. The number of nitrogens with zero attached hydrogens (tertiary/aromatic N) is 1. The SMILES string of the molecule is COc1cc(F)cc([N+](=O)[O-])c1OC. The van der Waals surface area contributed by atoms with Crippen molar-refractivity contribution in [3.63, 3.8) is 0 Å².